The van der Waals surface area contributed by atoms with Gasteiger partial charge in [0.2, 0.25) is 9.84 Å². The van der Waals surface area contributed by atoms with Gasteiger partial charge in [-0.05, 0) is 47.7 Å². The van der Waals surface area contributed by atoms with Gasteiger partial charge in [-0.15, -0.1) is 5.10 Å². The minimum atomic E-state index is -3.44. The maximum absolute atomic E-state index is 11.6. The van der Waals surface area contributed by atoms with Crippen LogP contribution in [0.25, 0.3) is 5.52 Å². The molecule has 2 aromatic heterocycles. The molecule has 2 aromatic rings. The van der Waals surface area contributed by atoms with Crippen molar-refractivity contribution in [2.24, 2.45) is 0 Å². The largest absolute Gasteiger partial charge is 0.393 e. The van der Waals surface area contributed by atoms with Gasteiger partial charge in [0, 0.05) is 22.3 Å². The average Bonchev–Trinajstić information content (AvgIpc) is 2.76. The Hall–Kier alpha value is -0.990. The van der Waals surface area contributed by atoms with Crippen molar-refractivity contribution in [3.8, 4) is 0 Å². The predicted molar refractivity (Wildman–Crippen MR) is 81.0 cm³/mol. The molecule has 1 aliphatic rings. The van der Waals surface area contributed by atoms with Crippen molar-refractivity contribution in [2.45, 2.75) is 42.9 Å². The summed E-state index contributed by atoms with van der Waals surface area (Å²) in [6, 6.07) is 1.97. The van der Waals surface area contributed by atoms with Crippen molar-refractivity contribution in [3.63, 3.8) is 0 Å². The molecular formula is C13H16BrN3O3S. The molecule has 0 aliphatic heterocycles. The van der Waals surface area contributed by atoms with E-state index < -0.39 is 9.84 Å². The third-order valence-electron chi connectivity index (χ3n) is 3.92. The fraction of sp³-hybridized carbons (Fsp3) is 0.538. The summed E-state index contributed by atoms with van der Waals surface area (Å²) in [5, 5.41) is 13.6. The molecule has 1 aliphatic carbocycles. The standard InChI is InChI=1S/C13H16BrN3O3S/c1-21(19,20)13-15-7-12-10(14)6-11(17(12)16-13)8-2-4-9(18)5-3-8/h6-9,18H,2-5H2,1H3. The second-order valence-electron chi connectivity index (χ2n) is 5.53. The maximum Gasteiger partial charge on any atom is 0.265 e. The molecule has 3 rings (SSSR count). The molecule has 8 heteroatoms. The SMILES string of the molecule is CS(=O)(=O)c1ncc2c(Br)cc(C3CCC(O)CC3)n2n1. The zero-order valence-corrected chi connectivity index (χ0v) is 13.9. The van der Waals surface area contributed by atoms with E-state index in [0.717, 1.165) is 47.6 Å². The highest BCUT2D eigenvalue weighted by atomic mass is 79.9. The lowest BCUT2D eigenvalue weighted by Gasteiger charge is -2.25. The van der Waals surface area contributed by atoms with Crippen LogP contribution in [0.5, 0.6) is 0 Å². The molecule has 0 spiro atoms. The molecular weight excluding hydrogens is 358 g/mol. The van der Waals surface area contributed by atoms with Crippen molar-refractivity contribution >= 4 is 31.3 Å². The molecule has 0 saturated heterocycles. The number of hydrogen-bond donors (Lipinski definition) is 1. The van der Waals surface area contributed by atoms with Gasteiger partial charge in [0.1, 0.15) is 0 Å². The summed E-state index contributed by atoms with van der Waals surface area (Å²) in [6.45, 7) is 0. The molecule has 1 fully saturated rings. The predicted octanol–water partition coefficient (Wildman–Crippen LogP) is 1.91. The monoisotopic (exact) mass is 373 g/mol. The van der Waals surface area contributed by atoms with E-state index in [2.05, 4.69) is 26.0 Å². The number of rotatable bonds is 2. The summed E-state index contributed by atoms with van der Waals surface area (Å²) in [5.74, 6) is 0.273. The zero-order valence-electron chi connectivity index (χ0n) is 11.5. The van der Waals surface area contributed by atoms with Gasteiger partial charge in [-0.2, -0.15) is 0 Å². The molecule has 114 valence electrons. The number of aliphatic hydroxyl groups excluding tert-OH is 1. The number of aliphatic hydroxyl groups is 1. The highest BCUT2D eigenvalue weighted by Gasteiger charge is 2.25. The van der Waals surface area contributed by atoms with Gasteiger partial charge < -0.3 is 5.11 Å². The summed E-state index contributed by atoms with van der Waals surface area (Å²) < 4.78 is 25.8. The fourth-order valence-electron chi connectivity index (χ4n) is 2.79. The van der Waals surface area contributed by atoms with Crippen LogP contribution in [-0.4, -0.2) is 40.5 Å². The first-order chi connectivity index (χ1) is 9.86. The van der Waals surface area contributed by atoms with Gasteiger partial charge in [0.15, 0.2) is 0 Å². The number of nitrogens with zero attached hydrogens (tertiary/aromatic N) is 3. The second-order valence-corrected chi connectivity index (χ2v) is 8.30. The highest BCUT2D eigenvalue weighted by Crippen LogP contribution is 2.35. The summed E-state index contributed by atoms with van der Waals surface area (Å²) in [6.07, 6.45) is 5.67. The highest BCUT2D eigenvalue weighted by molar-refractivity contribution is 9.10. The molecule has 21 heavy (non-hydrogen) atoms. The molecule has 6 nitrogen and oxygen atoms in total. The molecule has 0 atom stereocenters. The van der Waals surface area contributed by atoms with Crippen LogP contribution in [0.15, 0.2) is 21.9 Å². The number of halogens is 1. The average molecular weight is 374 g/mol. The molecule has 0 unspecified atom stereocenters. The third-order valence-corrected chi connectivity index (χ3v) is 5.41. The number of hydrogen-bond acceptors (Lipinski definition) is 5. The van der Waals surface area contributed by atoms with Crippen LogP contribution < -0.4 is 0 Å². The van der Waals surface area contributed by atoms with E-state index in [4.69, 9.17) is 0 Å². The van der Waals surface area contributed by atoms with Crippen LogP contribution >= 0.6 is 15.9 Å². The molecule has 0 amide bonds. The fourth-order valence-corrected chi connectivity index (χ4v) is 3.77. The van der Waals surface area contributed by atoms with E-state index in [0.29, 0.717) is 0 Å². The smallest absolute Gasteiger partial charge is 0.265 e. The van der Waals surface area contributed by atoms with Gasteiger partial charge in [0.25, 0.3) is 5.16 Å². The minimum Gasteiger partial charge on any atom is -0.393 e. The number of fused-ring (bicyclic) bond motifs is 1. The van der Waals surface area contributed by atoms with Gasteiger partial charge in [-0.25, -0.2) is 17.9 Å². The van der Waals surface area contributed by atoms with Crippen LogP contribution in [0.2, 0.25) is 0 Å². The molecule has 0 aromatic carbocycles. The Labute approximate surface area is 131 Å². The molecule has 2 heterocycles. The minimum absolute atomic E-state index is 0.171. The van der Waals surface area contributed by atoms with Crippen molar-refractivity contribution < 1.29 is 13.5 Å². The third kappa shape index (κ3) is 2.84. The van der Waals surface area contributed by atoms with Crippen LogP contribution in [0.3, 0.4) is 0 Å². The van der Waals surface area contributed by atoms with Gasteiger partial charge >= 0.3 is 0 Å². The van der Waals surface area contributed by atoms with Crippen molar-refractivity contribution in [1.82, 2.24) is 14.6 Å². The maximum atomic E-state index is 11.6. The molecule has 0 bridgehead atoms. The quantitative estimate of drug-likeness (QED) is 0.868. The first-order valence-corrected chi connectivity index (χ1v) is 9.47. The van der Waals surface area contributed by atoms with E-state index in [1.807, 2.05) is 6.07 Å². The number of aromatic nitrogens is 3. The number of sulfone groups is 1. The normalized spacial score (nSPS) is 23.6. The lowest BCUT2D eigenvalue weighted by molar-refractivity contribution is 0.121. The zero-order chi connectivity index (χ0) is 15.2. The summed E-state index contributed by atoms with van der Waals surface area (Å²) in [5.41, 5.74) is 1.72. The first-order valence-electron chi connectivity index (χ1n) is 6.78. The summed E-state index contributed by atoms with van der Waals surface area (Å²) >= 11 is 3.47. The van der Waals surface area contributed by atoms with Crippen molar-refractivity contribution in [2.75, 3.05) is 6.26 Å². The first kappa shape index (κ1) is 14.9. The van der Waals surface area contributed by atoms with Gasteiger partial charge in [0.05, 0.1) is 17.8 Å². The molecule has 0 radical (unpaired) electrons. The van der Waals surface area contributed by atoms with Crippen molar-refractivity contribution in [1.29, 1.82) is 0 Å². The lowest BCUT2D eigenvalue weighted by Crippen LogP contribution is -2.19. The van der Waals surface area contributed by atoms with Gasteiger partial charge in [-0.1, -0.05) is 0 Å². The summed E-state index contributed by atoms with van der Waals surface area (Å²) in [4.78, 5) is 3.92. The van der Waals surface area contributed by atoms with Crippen LogP contribution in [-0.2, 0) is 9.84 Å². The Balaban J connectivity index is 2.10. The molecule has 1 N–H and O–H groups in total. The van der Waals surface area contributed by atoms with Crippen molar-refractivity contribution in [3.05, 3.63) is 22.4 Å². The Morgan fingerprint density at radius 1 is 1.33 bits per heavy atom. The van der Waals surface area contributed by atoms with E-state index >= 15 is 0 Å². The lowest BCUT2D eigenvalue weighted by atomic mass is 9.85. The molecule has 1 saturated carbocycles. The Morgan fingerprint density at radius 2 is 2.00 bits per heavy atom. The Kier molecular flexibility index (Phi) is 3.79. The van der Waals surface area contributed by atoms with E-state index in [1.54, 1.807) is 4.52 Å². The van der Waals surface area contributed by atoms with Crippen LogP contribution in [0.4, 0.5) is 0 Å². The Morgan fingerprint density at radius 3 is 2.62 bits per heavy atom. The summed E-state index contributed by atoms with van der Waals surface area (Å²) in [7, 11) is -3.44. The van der Waals surface area contributed by atoms with E-state index in [-0.39, 0.29) is 17.2 Å². The second kappa shape index (κ2) is 5.33. The van der Waals surface area contributed by atoms with Gasteiger partial charge in [-0.3, -0.25) is 0 Å². The van der Waals surface area contributed by atoms with E-state index in [1.165, 1.54) is 6.20 Å². The van der Waals surface area contributed by atoms with E-state index in [9.17, 15) is 13.5 Å². The Bertz CT molecular complexity index is 779. The topological polar surface area (TPSA) is 84.6 Å². The van der Waals surface area contributed by atoms with Crippen LogP contribution in [0, 0.1) is 0 Å². The van der Waals surface area contributed by atoms with Crippen LogP contribution in [0.1, 0.15) is 37.3 Å².